The zero-order chi connectivity index (χ0) is 21.7. The molecule has 0 fully saturated rings. The van der Waals surface area contributed by atoms with E-state index in [9.17, 15) is 24.6 Å². The molecule has 2 atom stereocenters. The van der Waals surface area contributed by atoms with Gasteiger partial charge in [0.2, 0.25) is 5.78 Å². The average molecular weight is 404 g/mol. The normalized spacial score (nSPS) is 15.3. The third-order valence-electron chi connectivity index (χ3n) is 5.55. The molecule has 30 heavy (non-hydrogen) atoms. The lowest BCUT2D eigenvalue weighted by Gasteiger charge is -2.21. The van der Waals surface area contributed by atoms with E-state index in [-0.39, 0.29) is 50.2 Å². The topological polar surface area (TPSA) is 105 Å². The molecule has 0 unspecified atom stereocenters. The fourth-order valence-corrected chi connectivity index (χ4v) is 3.94. The minimum atomic E-state index is -0.890. The summed E-state index contributed by atoms with van der Waals surface area (Å²) in [4.78, 5) is 39.2. The first-order valence-electron chi connectivity index (χ1n) is 9.59. The Morgan fingerprint density at radius 2 is 1.77 bits per heavy atom. The summed E-state index contributed by atoms with van der Waals surface area (Å²) in [6, 6.07) is 7.14. The van der Waals surface area contributed by atoms with Gasteiger partial charge in [-0.15, -0.1) is 0 Å². The number of fused-ring (bicyclic) bond motifs is 4. The molecule has 6 nitrogen and oxygen atoms in total. The molecule has 2 N–H and O–H groups in total. The number of aliphatic hydroxyl groups is 1. The fraction of sp³-hybridized carbons (Fsp3) is 0.208. The first kappa shape index (κ1) is 19.8. The van der Waals surface area contributed by atoms with Crippen LogP contribution < -0.4 is 5.43 Å². The van der Waals surface area contributed by atoms with Crippen LogP contribution in [0.25, 0.3) is 11.0 Å². The van der Waals surface area contributed by atoms with Gasteiger partial charge in [-0.05, 0) is 31.5 Å². The maximum Gasteiger partial charge on any atom is 0.202 e. The van der Waals surface area contributed by atoms with Crippen LogP contribution in [0, 0.1) is 6.92 Å². The summed E-state index contributed by atoms with van der Waals surface area (Å²) in [5.74, 6) is -1.65. The number of carbonyl (C=O) groups excluding carboxylic acids is 2. The smallest absolute Gasteiger partial charge is 0.202 e. The second-order valence-electron chi connectivity index (χ2n) is 7.50. The number of carbonyl (C=O) groups is 2. The Bertz CT molecular complexity index is 1310. The summed E-state index contributed by atoms with van der Waals surface area (Å²) < 4.78 is 5.98. The van der Waals surface area contributed by atoms with Crippen molar-refractivity contribution in [1.29, 1.82) is 0 Å². The van der Waals surface area contributed by atoms with E-state index in [1.54, 1.807) is 32.9 Å². The van der Waals surface area contributed by atoms with E-state index in [2.05, 4.69) is 0 Å². The average Bonchev–Trinajstić information content (AvgIpc) is 2.70. The van der Waals surface area contributed by atoms with Crippen LogP contribution in [0.4, 0.5) is 0 Å². The molecule has 0 spiro atoms. The van der Waals surface area contributed by atoms with Crippen LogP contribution in [-0.2, 0) is 0 Å². The maximum absolute atomic E-state index is 13.3. The van der Waals surface area contributed by atoms with E-state index in [1.807, 2.05) is 0 Å². The van der Waals surface area contributed by atoms with Crippen LogP contribution in [-0.4, -0.2) is 27.9 Å². The second-order valence-corrected chi connectivity index (χ2v) is 7.50. The maximum atomic E-state index is 13.3. The highest BCUT2D eigenvalue weighted by atomic mass is 16.3. The third kappa shape index (κ3) is 2.80. The number of aryl methyl sites for hydroxylation is 1. The van der Waals surface area contributed by atoms with Crippen LogP contribution >= 0.6 is 0 Å². The van der Waals surface area contributed by atoms with Crippen LogP contribution in [0.2, 0.25) is 0 Å². The van der Waals surface area contributed by atoms with Crippen molar-refractivity contribution in [3.8, 4) is 5.75 Å². The van der Waals surface area contributed by atoms with Crippen molar-refractivity contribution in [3.05, 3.63) is 86.3 Å². The Morgan fingerprint density at radius 3 is 2.47 bits per heavy atom. The molecule has 0 saturated heterocycles. The Kier molecular flexibility index (Phi) is 4.67. The minimum absolute atomic E-state index is 0.000666. The minimum Gasteiger partial charge on any atom is -0.507 e. The van der Waals surface area contributed by atoms with Crippen molar-refractivity contribution in [2.45, 2.75) is 32.8 Å². The van der Waals surface area contributed by atoms with Crippen molar-refractivity contribution in [1.82, 2.24) is 0 Å². The van der Waals surface area contributed by atoms with E-state index >= 15 is 0 Å². The monoisotopic (exact) mass is 404 g/mol. The molecule has 152 valence electrons. The van der Waals surface area contributed by atoms with Gasteiger partial charge >= 0.3 is 0 Å². The number of aromatic hydroxyl groups is 1. The molecule has 1 heterocycles. The summed E-state index contributed by atoms with van der Waals surface area (Å²) >= 11 is 0. The predicted molar refractivity (Wildman–Crippen MR) is 111 cm³/mol. The number of phenols is 1. The molecular weight excluding hydrogens is 384 g/mol. The van der Waals surface area contributed by atoms with Gasteiger partial charge in [-0.25, -0.2) is 0 Å². The number of rotatable bonds is 3. The number of ketones is 2. The van der Waals surface area contributed by atoms with Gasteiger partial charge in [0.05, 0.1) is 22.6 Å². The molecule has 4 rings (SSSR count). The molecule has 0 aliphatic heterocycles. The SMILES string of the molecule is C/C=C\[C@H](O)[C@H](C)c1cc(=O)c2c(C)cc3c(c2o1)C(=O)c1c(O)cccc1C3=O. The molecule has 3 aromatic rings. The number of allylic oxidation sites excluding steroid dienone is 1. The first-order chi connectivity index (χ1) is 14.3. The molecule has 6 heteroatoms. The van der Waals surface area contributed by atoms with E-state index in [0.717, 1.165) is 0 Å². The second kappa shape index (κ2) is 7.07. The summed E-state index contributed by atoms with van der Waals surface area (Å²) in [5.41, 5.74) is 0.243. The van der Waals surface area contributed by atoms with Crippen molar-refractivity contribution in [2.24, 2.45) is 0 Å². The first-order valence-corrected chi connectivity index (χ1v) is 9.59. The van der Waals surface area contributed by atoms with Gasteiger partial charge < -0.3 is 14.6 Å². The number of phenolic OH excluding ortho intramolecular Hbond substituents is 1. The number of benzene rings is 2. The summed E-state index contributed by atoms with van der Waals surface area (Å²) in [5, 5.41) is 20.7. The number of hydrogen-bond acceptors (Lipinski definition) is 6. The largest absolute Gasteiger partial charge is 0.507 e. The lowest BCUT2D eigenvalue weighted by Crippen LogP contribution is -2.23. The molecule has 0 amide bonds. The molecule has 1 aliphatic rings. The van der Waals surface area contributed by atoms with Gasteiger partial charge in [0.15, 0.2) is 11.2 Å². The van der Waals surface area contributed by atoms with Gasteiger partial charge in [-0.2, -0.15) is 0 Å². The zero-order valence-corrected chi connectivity index (χ0v) is 16.7. The summed E-state index contributed by atoms with van der Waals surface area (Å²) in [6.07, 6.45) is 2.37. The molecule has 0 saturated carbocycles. The van der Waals surface area contributed by atoms with Gasteiger partial charge in [0, 0.05) is 23.1 Å². The summed E-state index contributed by atoms with van der Waals surface area (Å²) in [7, 11) is 0. The predicted octanol–water partition coefficient (Wildman–Crippen LogP) is 3.62. The summed E-state index contributed by atoms with van der Waals surface area (Å²) in [6.45, 7) is 5.14. The molecule has 1 aromatic heterocycles. The molecule has 0 radical (unpaired) electrons. The molecule has 0 bridgehead atoms. The highest BCUT2D eigenvalue weighted by Gasteiger charge is 2.35. The van der Waals surface area contributed by atoms with Gasteiger partial charge in [-0.1, -0.05) is 31.2 Å². The van der Waals surface area contributed by atoms with Gasteiger partial charge in [0.1, 0.15) is 17.1 Å². The number of aliphatic hydroxyl groups excluding tert-OH is 1. The van der Waals surface area contributed by atoms with Crippen LogP contribution in [0.3, 0.4) is 0 Å². The van der Waals surface area contributed by atoms with E-state index in [4.69, 9.17) is 4.42 Å². The van der Waals surface area contributed by atoms with Crippen molar-refractivity contribution < 1.29 is 24.2 Å². The fourth-order valence-electron chi connectivity index (χ4n) is 3.94. The number of hydrogen-bond donors (Lipinski definition) is 2. The van der Waals surface area contributed by atoms with Gasteiger partial charge in [-0.3, -0.25) is 14.4 Å². The molecule has 1 aliphatic carbocycles. The van der Waals surface area contributed by atoms with Crippen LogP contribution in [0.1, 0.15) is 62.9 Å². The Hall–Kier alpha value is -3.51. The van der Waals surface area contributed by atoms with Crippen LogP contribution in [0.15, 0.2) is 51.7 Å². The van der Waals surface area contributed by atoms with Crippen molar-refractivity contribution >= 4 is 22.5 Å². The molecular formula is C24H20O6. The quantitative estimate of drug-likeness (QED) is 0.505. The Balaban J connectivity index is 2.06. The Labute approximate surface area is 172 Å². The van der Waals surface area contributed by atoms with Crippen molar-refractivity contribution in [2.75, 3.05) is 0 Å². The standard InChI is InChI=1S/C24H20O6/c1-4-6-15(25)12(3)18-10-17(27)19-11(2)9-14-21(24(19)30-18)23(29)20-13(22(14)28)7-5-8-16(20)26/h4-10,12,15,25-26H,1-3H3/b6-4-/t12-,15-/m0/s1. The van der Waals surface area contributed by atoms with Crippen molar-refractivity contribution in [3.63, 3.8) is 0 Å². The third-order valence-corrected chi connectivity index (χ3v) is 5.55. The zero-order valence-electron chi connectivity index (χ0n) is 16.7. The highest BCUT2D eigenvalue weighted by Crippen LogP contribution is 2.37. The van der Waals surface area contributed by atoms with Gasteiger partial charge in [0.25, 0.3) is 0 Å². The van der Waals surface area contributed by atoms with E-state index < -0.39 is 23.6 Å². The highest BCUT2D eigenvalue weighted by molar-refractivity contribution is 6.32. The van der Waals surface area contributed by atoms with Crippen LogP contribution in [0.5, 0.6) is 5.75 Å². The van der Waals surface area contributed by atoms with E-state index in [1.165, 1.54) is 30.3 Å². The molecule has 2 aromatic carbocycles. The lowest BCUT2D eigenvalue weighted by molar-refractivity contribution is 0.0977. The Morgan fingerprint density at radius 1 is 1.03 bits per heavy atom. The lowest BCUT2D eigenvalue weighted by atomic mass is 9.81. The van der Waals surface area contributed by atoms with E-state index in [0.29, 0.717) is 5.56 Å².